The van der Waals surface area contributed by atoms with E-state index in [2.05, 4.69) is 5.32 Å². The Bertz CT molecular complexity index is 883. The number of rotatable bonds is 7. The Morgan fingerprint density at radius 2 is 1.85 bits per heavy atom. The Morgan fingerprint density at radius 3 is 2.46 bits per heavy atom. The normalized spacial score (nSPS) is 11.2. The van der Waals surface area contributed by atoms with Crippen molar-refractivity contribution in [2.75, 3.05) is 31.6 Å². The summed E-state index contributed by atoms with van der Waals surface area (Å²) in [6.45, 7) is 2.58. The van der Waals surface area contributed by atoms with Crippen LogP contribution in [0.2, 0.25) is 5.02 Å². The largest absolute Gasteiger partial charge is 0.383 e. The molecule has 0 bridgehead atoms. The van der Waals surface area contributed by atoms with Crippen LogP contribution in [-0.2, 0) is 14.8 Å². The SMILES string of the molecule is COCCNC(=O)c1cc(N(C)S(=O)(=O)c2ccc(C)cc2)ccc1Cl. The highest BCUT2D eigenvalue weighted by molar-refractivity contribution is 7.92. The number of amides is 1. The Kier molecular flexibility index (Phi) is 6.63. The molecule has 0 saturated carbocycles. The van der Waals surface area contributed by atoms with Crippen molar-refractivity contribution in [3.05, 3.63) is 58.6 Å². The number of nitrogens with zero attached hydrogens (tertiary/aromatic N) is 1. The van der Waals surface area contributed by atoms with E-state index in [0.29, 0.717) is 18.8 Å². The van der Waals surface area contributed by atoms with Crippen molar-refractivity contribution in [3.63, 3.8) is 0 Å². The van der Waals surface area contributed by atoms with Crippen molar-refractivity contribution in [3.8, 4) is 0 Å². The monoisotopic (exact) mass is 396 g/mol. The maximum Gasteiger partial charge on any atom is 0.264 e. The van der Waals surface area contributed by atoms with Gasteiger partial charge in [0.15, 0.2) is 0 Å². The standard InChI is InChI=1S/C18H21ClN2O4S/c1-13-4-7-15(8-5-13)26(23,24)21(2)14-6-9-17(19)16(12-14)18(22)20-10-11-25-3/h4-9,12H,10-11H2,1-3H3,(H,20,22). The van der Waals surface area contributed by atoms with Crippen molar-refractivity contribution in [2.45, 2.75) is 11.8 Å². The van der Waals surface area contributed by atoms with Crippen molar-refractivity contribution >= 4 is 33.2 Å². The Morgan fingerprint density at radius 1 is 1.19 bits per heavy atom. The zero-order valence-corrected chi connectivity index (χ0v) is 16.4. The summed E-state index contributed by atoms with van der Waals surface area (Å²) in [6.07, 6.45) is 0. The molecule has 2 rings (SSSR count). The van der Waals surface area contributed by atoms with Gasteiger partial charge in [0.05, 0.1) is 27.8 Å². The summed E-state index contributed by atoms with van der Waals surface area (Å²) in [4.78, 5) is 12.4. The van der Waals surface area contributed by atoms with Crippen LogP contribution in [0.1, 0.15) is 15.9 Å². The van der Waals surface area contributed by atoms with Gasteiger partial charge in [-0.2, -0.15) is 0 Å². The second kappa shape index (κ2) is 8.53. The highest BCUT2D eigenvalue weighted by atomic mass is 35.5. The van der Waals surface area contributed by atoms with Gasteiger partial charge in [0.1, 0.15) is 0 Å². The van der Waals surface area contributed by atoms with Gasteiger partial charge in [-0.25, -0.2) is 8.42 Å². The van der Waals surface area contributed by atoms with E-state index >= 15 is 0 Å². The highest BCUT2D eigenvalue weighted by Gasteiger charge is 2.22. The van der Waals surface area contributed by atoms with Gasteiger partial charge in [0.2, 0.25) is 0 Å². The van der Waals surface area contributed by atoms with Gasteiger partial charge in [0.25, 0.3) is 15.9 Å². The molecule has 0 spiro atoms. The minimum Gasteiger partial charge on any atom is -0.383 e. The molecule has 0 radical (unpaired) electrons. The molecule has 2 aromatic rings. The number of halogens is 1. The number of methoxy groups -OCH3 is 1. The van der Waals surface area contributed by atoms with Crippen LogP contribution in [0.4, 0.5) is 5.69 Å². The van der Waals surface area contributed by atoms with Crippen molar-refractivity contribution in [1.82, 2.24) is 5.32 Å². The van der Waals surface area contributed by atoms with E-state index in [1.165, 1.54) is 26.3 Å². The van der Waals surface area contributed by atoms with Gasteiger partial charge in [-0.3, -0.25) is 9.10 Å². The molecule has 6 nitrogen and oxygen atoms in total. The molecule has 8 heteroatoms. The fourth-order valence-corrected chi connectivity index (χ4v) is 3.64. The molecule has 0 aromatic heterocycles. The van der Waals surface area contributed by atoms with Crippen LogP contribution in [0.15, 0.2) is 47.4 Å². The zero-order valence-electron chi connectivity index (χ0n) is 14.8. The maximum atomic E-state index is 12.8. The first kappa shape index (κ1) is 20.2. The molecular weight excluding hydrogens is 376 g/mol. The van der Waals surface area contributed by atoms with Gasteiger partial charge in [-0.05, 0) is 37.3 Å². The van der Waals surface area contributed by atoms with E-state index in [0.717, 1.165) is 9.87 Å². The molecule has 0 aliphatic rings. The van der Waals surface area contributed by atoms with Crippen LogP contribution < -0.4 is 9.62 Å². The number of carbonyl (C=O) groups is 1. The van der Waals surface area contributed by atoms with Crippen LogP contribution >= 0.6 is 11.6 Å². The number of anilines is 1. The zero-order chi connectivity index (χ0) is 19.3. The van der Waals surface area contributed by atoms with Gasteiger partial charge in [-0.15, -0.1) is 0 Å². The Labute approximate surface area is 158 Å². The summed E-state index contributed by atoms with van der Waals surface area (Å²) in [5.74, 6) is -0.393. The topological polar surface area (TPSA) is 75.7 Å². The summed E-state index contributed by atoms with van der Waals surface area (Å²) >= 11 is 6.10. The summed E-state index contributed by atoms with van der Waals surface area (Å²) in [5, 5.41) is 2.91. The number of sulfonamides is 1. The highest BCUT2D eigenvalue weighted by Crippen LogP contribution is 2.27. The number of carbonyl (C=O) groups excluding carboxylic acids is 1. The van der Waals surface area contributed by atoms with Gasteiger partial charge < -0.3 is 10.1 Å². The van der Waals surface area contributed by atoms with Gasteiger partial charge >= 0.3 is 0 Å². The number of hydrogen-bond donors (Lipinski definition) is 1. The maximum absolute atomic E-state index is 12.8. The lowest BCUT2D eigenvalue weighted by molar-refractivity contribution is 0.0937. The summed E-state index contributed by atoms with van der Waals surface area (Å²) < 4.78 is 31.6. The van der Waals surface area contributed by atoms with Crippen molar-refractivity contribution in [1.29, 1.82) is 0 Å². The molecule has 0 fully saturated rings. The summed E-state index contributed by atoms with van der Waals surface area (Å²) in [6, 6.07) is 11.1. The summed E-state index contributed by atoms with van der Waals surface area (Å²) in [5.41, 5.74) is 1.51. The Hall–Kier alpha value is -2.09. The molecule has 0 unspecified atom stereocenters. The minimum atomic E-state index is -3.75. The smallest absolute Gasteiger partial charge is 0.264 e. The second-order valence-electron chi connectivity index (χ2n) is 5.70. The fourth-order valence-electron chi connectivity index (χ4n) is 2.25. The average molecular weight is 397 g/mol. The third-order valence-corrected chi connectivity index (χ3v) is 5.96. The minimum absolute atomic E-state index is 0.173. The lowest BCUT2D eigenvalue weighted by Crippen LogP contribution is -2.29. The molecule has 26 heavy (non-hydrogen) atoms. The van der Waals surface area contributed by atoms with Crippen molar-refractivity contribution < 1.29 is 17.9 Å². The fraction of sp³-hybridized carbons (Fsp3) is 0.278. The van der Waals surface area contributed by atoms with E-state index in [9.17, 15) is 13.2 Å². The van der Waals surface area contributed by atoms with Gasteiger partial charge in [0, 0.05) is 20.7 Å². The first-order chi connectivity index (χ1) is 12.3. The quantitative estimate of drug-likeness (QED) is 0.730. The molecule has 140 valence electrons. The molecule has 2 aromatic carbocycles. The lowest BCUT2D eigenvalue weighted by atomic mass is 10.2. The van der Waals surface area contributed by atoms with E-state index < -0.39 is 15.9 Å². The van der Waals surface area contributed by atoms with E-state index in [4.69, 9.17) is 16.3 Å². The average Bonchev–Trinajstić information content (AvgIpc) is 2.62. The third kappa shape index (κ3) is 4.55. The number of nitrogens with one attached hydrogen (secondary N) is 1. The van der Waals surface area contributed by atoms with Crippen LogP contribution in [0.3, 0.4) is 0 Å². The Balaban J connectivity index is 2.31. The lowest BCUT2D eigenvalue weighted by Gasteiger charge is -2.20. The van der Waals surface area contributed by atoms with Crippen molar-refractivity contribution in [2.24, 2.45) is 0 Å². The first-order valence-corrected chi connectivity index (χ1v) is 9.71. The molecule has 0 atom stereocenters. The van der Waals surface area contributed by atoms with E-state index in [-0.39, 0.29) is 15.5 Å². The number of aryl methyl sites for hydroxylation is 1. The predicted molar refractivity (Wildman–Crippen MR) is 102 cm³/mol. The summed E-state index contributed by atoms with van der Waals surface area (Å²) in [7, 11) is -0.779. The molecular formula is C18H21ClN2O4S. The van der Waals surface area contributed by atoms with Gasteiger partial charge in [-0.1, -0.05) is 29.3 Å². The molecule has 0 aliphatic heterocycles. The first-order valence-electron chi connectivity index (χ1n) is 7.89. The molecule has 1 amide bonds. The van der Waals surface area contributed by atoms with E-state index in [1.54, 1.807) is 30.3 Å². The molecule has 1 N–H and O–H groups in total. The third-order valence-electron chi connectivity index (χ3n) is 3.83. The number of ether oxygens (including phenoxy) is 1. The molecule has 0 saturated heterocycles. The number of hydrogen-bond acceptors (Lipinski definition) is 4. The predicted octanol–water partition coefficient (Wildman–Crippen LogP) is 2.85. The van der Waals surface area contributed by atoms with Crippen LogP contribution in [0.25, 0.3) is 0 Å². The van der Waals surface area contributed by atoms with Crippen LogP contribution in [0.5, 0.6) is 0 Å². The van der Waals surface area contributed by atoms with E-state index in [1.807, 2.05) is 6.92 Å². The molecule has 0 aliphatic carbocycles. The van der Waals surface area contributed by atoms with Crippen LogP contribution in [-0.4, -0.2) is 41.6 Å². The van der Waals surface area contributed by atoms with Crippen LogP contribution in [0, 0.1) is 6.92 Å². The molecule has 0 heterocycles. The number of benzene rings is 2. The second-order valence-corrected chi connectivity index (χ2v) is 8.07.